The van der Waals surface area contributed by atoms with Crippen molar-refractivity contribution in [2.24, 2.45) is 5.73 Å². The van der Waals surface area contributed by atoms with E-state index < -0.39 is 12.0 Å². The minimum Gasteiger partial charge on any atom is -0.368 e. The molecule has 4 rings (SSSR count). The fourth-order valence-electron chi connectivity index (χ4n) is 3.00. The summed E-state index contributed by atoms with van der Waals surface area (Å²) in [5.41, 5.74) is 8.17. The van der Waals surface area contributed by atoms with Crippen LogP contribution in [0.5, 0.6) is 0 Å². The lowest BCUT2D eigenvalue weighted by atomic mass is 10.0. The molecule has 1 fully saturated rings. The maximum Gasteiger partial charge on any atom is 0.246 e. The molecule has 2 unspecified atom stereocenters. The third-order valence-corrected chi connectivity index (χ3v) is 5.18. The minimum absolute atomic E-state index is 0.0758. The second kappa shape index (κ2) is 5.95. The van der Waals surface area contributed by atoms with Gasteiger partial charge in [0.2, 0.25) is 5.91 Å². The number of primary amides is 1. The Morgan fingerprint density at radius 1 is 1.46 bits per heavy atom. The summed E-state index contributed by atoms with van der Waals surface area (Å²) < 4.78 is 8.35. The van der Waals surface area contributed by atoms with Crippen LogP contribution >= 0.6 is 11.3 Å². The average molecular weight is 343 g/mol. The van der Waals surface area contributed by atoms with Gasteiger partial charge >= 0.3 is 0 Å². The second-order valence-corrected chi connectivity index (χ2v) is 7.17. The first-order chi connectivity index (χ1) is 11.6. The Labute approximate surface area is 142 Å². The lowest BCUT2D eigenvalue weighted by Crippen LogP contribution is -2.37. The van der Waals surface area contributed by atoms with Crippen LogP contribution in [-0.4, -0.2) is 38.6 Å². The van der Waals surface area contributed by atoms with Crippen LogP contribution in [0.2, 0.25) is 0 Å². The highest BCUT2D eigenvalue weighted by Crippen LogP contribution is 2.29. The van der Waals surface area contributed by atoms with Crippen LogP contribution < -0.4 is 5.73 Å². The number of benzene rings is 1. The number of hydrogen-bond donors (Lipinski definition) is 1. The van der Waals surface area contributed by atoms with Crippen molar-refractivity contribution in [1.29, 1.82) is 0 Å². The summed E-state index contributed by atoms with van der Waals surface area (Å²) in [6.07, 6.45) is 2.70. The summed E-state index contributed by atoms with van der Waals surface area (Å²) in [5, 5.41) is 9.57. The van der Waals surface area contributed by atoms with Crippen molar-refractivity contribution in [1.82, 2.24) is 20.0 Å². The maximum atomic E-state index is 11.3. The third-order valence-electron chi connectivity index (χ3n) is 4.25. The Bertz CT molecular complexity index is 903. The van der Waals surface area contributed by atoms with Gasteiger partial charge in [0.25, 0.3) is 0 Å². The van der Waals surface area contributed by atoms with Crippen molar-refractivity contribution in [2.45, 2.75) is 31.9 Å². The molecule has 2 atom stereocenters. The molecule has 3 aromatic rings. The van der Waals surface area contributed by atoms with Crippen molar-refractivity contribution in [2.75, 3.05) is 6.61 Å². The van der Waals surface area contributed by atoms with Gasteiger partial charge < -0.3 is 10.5 Å². The zero-order chi connectivity index (χ0) is 16.7. The van der Waals surface area contributed by atoms with E-state index in [-0.39, 0.29) is 6.04 Å². The highest BCUT2D eigenvalue weighted by molar-refractivity contribution is 7.18. The molecular weight excluding hydrogens is 326 g/mol. The van der Waals surface area contributed by atoms with Crippen LogP contribution in [0.15, 0.2) is 24.4 Å². The molecular formula is C16H17N5O2S. The molecule has 2 aromatic heterocycles. The van der Waals surface area contributed by atoms with Gasteiger partial charge in [0.05, 0.1) is 27.5 Å². The summed E-state index contributed by atoms with van der Waals surface area (Å²) in [5.74, 6) is -0.425. The first-order valence-electron chi connectivity index (χ1n) is 7.80. The number of nitrogens with two attached hydrogens (primary N) is 1. The van der Waals surface area contributed by atoms with Gasteiger partial charge in [-0.1, -0.05) is 11.3 Å². The summed E-state index contributed by atoms with van der Waals surface area (Å²) in [6, 6.07) is 6.17. The van der Waals surface area contributed by atoms with Crippen LogP contribution in [0.3, 0.4) is 0 Å². The fraction of sp³-hybridized carbons (Fsp3) is 0.375. The number of fused-ring (bicyclic) bond motifs is 1. The Morgan fingerprint density at radius 3 is 3.17 bits per heavy atom. The molecule has 1 saturated heterocycles. The van der Waals surface area contributed by atoms with Crippen molar-refractivity contribution in [3.63, 3.8) is 0 Å². The van der Waals surface area contributed by atoms with Crippen molar-refractivity contribution in [3.8, 4) is 11.3 Å². The van der Waals surface area contributed by atoms with E-state index in [1.165, 1.54) is 0 Å². The molecule has 1 aromatic carbocycles. The average Bonchev–Trinajstić information content (AvgIpc) is 3.19. The molecule has 0 aliphatic carbocycles. The van der Waals surface area contributed by atoms with Crippen LogP contribution in [-0.2, 0) is 9.53 Å². The number of carbonyl (C=O) groups is 1. The Morgan fingerprint density at radius 2 is 2.33 bits per heavy atom. The van der Waals surface area contributed by atoms with Crippen LogP contribution in [0.4, 0.5) is 0 Å². The standard InChI is InChI=1S/C16H17N5O2S/c1-9-18-12-3-2-10(6-15(12)24-9)13-8-21(20-19-13)11-4-5-23-14(7-11)16(17)22/h2-3,6,8,11,14H,4-5,7H2,1H3,(H2,17,22). The predicted molar refractivity (Wildman–Crippen MR) is 90.6 cm³/mol. The van der Waals surface area contributed by atoms with E-state index in [0.29, 0.717) is 13.0 Å². The lowest BCUT2D eigenvalue weighted by molar-refractivity contribution is -0.133. The van der Waals surface area contributed by atoms with E-state index >= 15 is 0 Å². The Kier molecular flexibility index (Phi) is 3.78. The number of hydrogen-bond acceptors (Lipinski definition) is 6. The minimum atomic E-state index is -0.548. The molecule has 0 radical (unpaired) electrons. The van der Waals surface area contributed by atoms with Gasteiger partial charge in [-0.2, -0.15) is 0 Å². The smallest absolute Gasteiger partial charge is 0.246 e. The first-order valence-corrected chi connectivity index (χ1v) is 8.62. The Hall–Kier alpha value is -2.32. The zero-order valence-corrected chi connectivity index (χ0v) is 14.0. The maximum absolute atomic E-state index is 11.3. The van der Waals surface area contributed by atoms with Gasteiger partial charge in [0, 0.05) is 18.6 Å². The predicted octanol–water partition coefficient (Wildman–Crippen LogP) is 2.07. The molecule has 24 heavy (non-hydrogen) atoms. The van der Waals surface area contributed by atoms with Crippen molar-refractivity contribution >= 4 is 27.5 Å². The third kappa shape index (κ3) is 2.78. The molecule has 1 amide bonds. The largest absolute Gasteiger partial charge is 0.368 e. The Balaban J connectivity index is 1.60. The van der Waals surface area contributed by atoms with Crippen molar-refractivity contribution < 1.29 is 9.53 Å². The van der Waals surface area contributed by atoms with Crippen LogP contribution in [0.25, 0.3) is 21.5 Å². The molecule has 2 N–H and O–H groups in total. The van der Waals surface area contributed by atoms with Gasteiger partial charge in [0.15, 0.2) is 0 Å². The topological polar surface area (TPSA) is 95.9 Å². The molecule has 1 aliphatic heterocycles. The van der Waals surface area contributed by atoms with Crippen molar-refractivity contribution in [3.05, 3.63) is 29.4 Å². The van der Waals surface area contributed by atoms with Gasteiger partial charge in [-0.15, -0.1) is 16.4 Å². The number of ether oxygens (including phenoxy) is 1. The molecule has 3 heterocycles. The highest BCUT2D eigenvalue weighted by Gasteiger charge is 2.28. The second-order valence-electron chi connectivity index (χ2n) is 5.94. The summed E-state index contributed by atoms with van der Waals surface area (Å²) in [6.45, 7) is 2.50. The van der Waals surface area contributed by atoms with E-state index in [4.69, 9.17) is 10.5 Å². The van der Waals surface area contributed by atoms with Crippen LogP contribution in [0.1, 0.15) is 23.9 Å². The first kappa shape index (κ1) is 15.2. The molecule has 0 spiro atoms. The number of rotatable bonds is 3. The lowest BCUT2D eigenvalue weighted by Gasteiger charge is -2.27. The molecule has 0 bridgehead atoms. The van der Waals surface area contributed by atoms with Gasteiger partial charge in [-0.05, 0) is 25.5 Å². The van der Waals surface area contributed by atoms with E-state index in [1.54, 1.807) is 11.3 Å². The number of amides is 1. The SMILES string of the molecule is Cc1nc2ccc(-c3cn(C4CCOC(C(N)=O)C4)nn3)cc2s1. The summed E-state index contributed by atoms with van der Waals surface area (Å²) in [7, 11) is 0. The molecule has 124 valence electrons. The number of aryl methyl sites for hydroxylation is 1. The van der Waals surface area contributed by atoms with E-state index in [9.17, 15) is 4.79 Å². The van der Waals surface area contributed by atoms with E-state index in [1.807, 2.05) is 29.9 Å². The normalized spacial score (nSPS) is 21.2. The fourth-order valence-corrected chi connectivity index (χ4v) is 3.87. The summed E-state index contributed by atoms with van der Waals surface area (Å²) >= 11 is 1.67. The number of carbonyl (C=O) groups excluding carboxylic acids is 1. The van der Waals surface area contributed by atoms with Gasteiger partial charge in [-0.25, -0.2) is 9.67 Å². The number of aromatic nitrogens is 4. The monoisotopic (exact) mass is 343 g/mol. The summed E-state index contributed by atoms with van der Waals surface area (Å²) in [4.78, 5) is 15.8. The molecule has 7 nitrogen and oxygen atoms in total. The highest BCUT2D eigenvalue weighted by atomic mass is 32.1. The van der Waals surface area contributed by atoms with E-state index in [2.05, 4.69) is 21.4 Å². The quantitative estimate of drug-likeness (QED) is 0.785. The molecule has 1 aliphatic rings. The van der Waals surface area contributed by atoms with Crippen LogP contribution in [0, 0.1) is 6.92 Å². The van der Waals surface area contributed by atoms with Gasteiger partial charge in [0.1, 0.15) is 11.8 Å². The van der Waals surface area contributed by atoms with Gasteiger partial charge in [-0.3, -0.25) is 4.79 Å². The van der Waals surface area contributed by atoms with E-state index in [0.717, 1.165) is 32.9 Å². The molecule has 0 saturated carbocycles. The number of thiazole rings is 1. The molecule has 8 heteroatoms. The zero-order valence-electron chi connectivity index (χ0n) is 13.2. The number of nitrogens with zero attached hydrogens (tertiary/aromatic N) is 4.